The molecule has 0 unspecified atom stereocenters. The van der Waals surface area contributed by atoms with Crippen LogP contribution in [0.2, 0.25) is 0 Å². The molecule has 0 saturated carbocycles. The molecule has 0 atom stereocenters. The number of rotatable bonds is 4. The van der Waals surface area contributed by atoms with Crippen LogP contribution in [-0.2, 0) is 0 Å². The van der Waals surface area contributed by atoms with Gasteiger partial charge in [0.1, 0.15) is 11.4 Å². The van der Waals surface area contributed by atoms with E-state index in [0.717, 1.165) is 17.0 Å². The van der Waals surface area contributed by atoms with E-state index in [4.69, 9.17) is 10.5 Å². The normalized spacial score (nSPS) is 10.7. The van der Waals surface area contributed by atoms with Crippen LogP contribution in [0.3, 0.4) is 0 Å². The first-order valence-electron chi connectivity index (χ1n) is 6.85. The van der Waals surface area contributed by atoms with Crippen LogP contribution in [0.4, 0.5) is 11.4 Å². The molecule has 5 nitrogen and oxygen atoms in total. The zero-order valence-corrected chi connectivity index (χ0v) is 12.8. The van der Waals surface area contributed by atoms with E-state index in [-0.39, 0.29) is 11.9 Å². The van der Waals surface area contributed by atoms with Gasteiger partial charge in [-0.25, -0.2) is 0 Å². The molecule has 0 bridgehead atoms. The predicted octanol–water partition coefficient (Wildman–Crippen LogP) is 3.22. The minimum Gasteiger partial charge on any atom is -0.496 e. The Balaban J connectivity index is 2.24. The molecule has 1 amide bonds. The van der Waals surface area contributed by atoms with Crippen molar-refractivity contribution >= 4 is 17.3 Å². The van der Waals surface area contributed by atoms with E-state index in [9.17, 15) is 4.79 Å². The highest BCUT2D eigenvalue weighted by Gasteiger charge is 2.15. The highest BCUT2D eigenvalue weighted by molar-refractivity contribution is 6.04. The molecular weight excluding hydrogens is 266 g/mol. The number of ether oxygens (including phenoxy) is 1. The summed E-state index contributed by atoms with van der Waals surface area (Å²) in [6, 6.07) is 7.38. The maximum absolute atomic E-state index is 12.4. The second-order valence-electron chi connectivity index (χ2n) is 5.30. The second-order valence-corrected chi connectivity index (χ2v) is 5.30. The van der Waals surface area contributed by atoms with Crippen molar-refractivity contribution in [3.63, 3.8) is 0 Å². The van der Waals surface area contributed by atoms with E-state index in [1.807, 2.05) is 43.5 Å². The number of nitrogens with one attached hydrogen (secondary N) is 1. The van der Waals surface area contributed by atoms with E-state index < -0.39 is 0 Å². The fraction of sp³-hybridized carbons (Fsp3) is 0.312. The summed E-state index contributed by atoms with van der Waals surface area (Å²) in [5, 5.41) is 2.89. The molecule has 1 aromatic heterocycles. The molecule has 0 fully saturated rings. The zero-order chi connectivity index (χ0) is 15.6. The summed E-state index contributed by atoms with van der Waals surface area (Å²) < 4.78 is 7.07. The molecule has 1 aromatic carbocycles. The smallest absolute Gasteiger partial charge is 0.272 e. The van der Waals surface area contributed by atoms with Gasteiger partial charge in [-0.2, -0.15) is 0 Å². The Labute approximate surface area is 124 Å². The fourth-order valence-electron chi connectivity index (χ4n) is 2.26. The number of nitrogens with zero attached hydrogens (tertiary/aromatic N) is 1. The first-order chi connectivity index (χ1) is 9.92. The number of methoxy groups -OCH3 is 1. The summed E-state index contributed by atoms with van der Waals surface area (Å²) in [6.45, 7) is 5.95. The largest absolute Gasteiger partial charge is 0.496 e. The van der Waals surface area contributed by atoms with Crippen molar-refractivity contribution in [2.24, 2.45) is 0 Å². The fourth-order valence-corrected chi connectivity index (χ4v) is 2.26. The Kier molecular flexibility index (Phi) is 4.21. The summed E-state index contributed by atoms with van der Waals surface area (Å²) in [5.41, 5.74) is 8.62. The number of nitrogen functional groups attached to an aromatic ring is 1. The minimum atomic E-state index is -0.176. The number of hydrogen-bond acceptors (Lipinski definition) is 3. The molecule has 21 heavy (non-hydrogen) atoms. The van der Waals surface area contributed by atoms with Gasteiger partial charge in [-0.15, -0.1) is 0 Å². The maximum atomic E-state index is 12.4. The van der Waals surface area contributed by atoms with Crippen molar-refractivity contribution in [1.82, 2.24) is 4.57 Å². The summed E-state index contributed by atoms with van der Waals surface area (Å²) in [5.74, 6) is 0.618. The number of anilines is 2. The Morgan fingerprint density at radius 2 is 2.05 bits per heavy atom. The third-order valence-corrected chi connectivity index (χ3v) is 3.31. The Bertz CT molecular complexity index is 660. The van der Waals surface area contributed by atoms with Crippen LogP contribution in [0.15, 0.2) is 30.5 Å². The Morgan fingerprint density at radius 3 is 2.62 bits per heavy atom. The molecular formula is C16H21N3O2. The average Bonchev–Trinajstić information content (AvgIpc) is 2.81. The summed E-state index contributed by atoms with van der Waals surface area (Å²) in [7, 11) is 1.62. The van der Waals surface area contributed by atoms with Crippen LogP contribution in [0, 0.1) is 6.92 Å². The quantitative estimate of drug-likeness (QED) is 0.907. The molecule has 2 aromatic rings. The van der Waals surface area contributed by atoms with Crippen molar-refractivity contribution in [1.29, 1.82) is 0 Å². The van der Waals surface area contributed by atoms with Crippen molar-refractivity contribution in [2.45, 2.75) is 26.8 Å². The first kappa shape index (κ1) is 15.0. The second kappa shape index (κ2) is 5.91. The lowest BCUT2D eigenvalue weighted by atomic mass is 10.2. The molecule has 5 heteroatoms. The average molecular weight is 287 g/mol. The molecule has 0 aliphatic rings. The van der Waals surface area contributed by atoms with Gasteiger partial charge in [0, 0.05) is 17.9 Å². The molecule has 0 aliphatic heterocycles. The topological polar surface area (TPSA) is 69.3 Å². The SMILES string of the molecule is COc1ccc(NC(=O)c2cc(N)cn2C(C)C)cc1C. The molecule has 112 valence electrons. The van der Waals surface area contributed by atoms with E-state index in [2.05, 4.69) is 5.32 Å². The van der Waals surface area contributed by atoms with Crippen molar-refractivity contribution in [3.05, 3.63) is 41.7 Å². The van der Waals surface area contributed by atoms with E-state index in [1.165, 1.54) is 0 Å². The molecule has 1 heterocycles. The minimum absolute atomic E-state index is 0.167. The van der Waals surface area contributed by atoms with Crippen LogP contribution in [-0.4, -0.2) is 17.6 Å². The van der Waals surface area contributed by atoms with Gasteiger partial charge in [-0.3, -0.25) is 4.79 Å². The lowest BCUT2D eigenvalue weighted by Crippen LogP contribution is -2.17. The van der Waals surface area contributed by atoms with E-state index >= 15 is 0 Å². The van der Waals surface area contributed by atoms with Gasteiger partial charge >= 0.3 is 0 Å². The lowest BCUT2D eigenvalue weighted by Gasteiger charge is -2.13. The van der Waals surface area contributed by atoms with Crippen LogP contribution in [0.1, 0.15) is 35.9 Å². The van der Waals surface area contributed by atoms with Gasteiger partial charge in [0.05, 0.1) is 12.8 Å². The number of nitrogens with two attached hydrogens (primary N) is 1. The van der Waals surface area contributed by atoms with Gasteiger partial charge in [-0.05, 0) is 50.6 Å². The number of carbonyl (C=O) groups is 1. The number of aryl methyl sites for hydroxylation is 1. The Morgan fingerprint density at radius 1 is 1.33 bits per heavy atom. The van der Waals surface area contributed by atoms with Crippen LogP contribution < -0.4 is 15.8 Å². The number of hydrogen-bond donors (Lipinski definition) is 2. The Hall–Kier alpha value is -2.43. The van der Waals surface area contributed by atoms with Crippen molar-refractivity contribution in [3.8, 4) is 5.75 Å². The molecule has 0 spiro atoms. The summed E-state index contributed by atoms with van der Waals surface area (Å²) in [4.78, 5) is 12.4. The highest BCUT2D eigenvalue weighted by atomic mass is 16.5. The van der Waals surface area contributed by atoms with Gasteiger partial charge in [-0.1, -0.05) is 0 Å². The van der Waals surface area contributed by atoms with E-state index in [1.54, 1.807) is 19.4 Å². The molecule has 0 radical (unpaired) electrons. The third-order valence-electron chi connectivity index (χ3n) is 3.31. The van der Waals surface area contributed by atoms with Gasteiger partial charge in [0.25, 0.3) is 5.91 Å². The number of amides is 1. The monoisotopic (exact) mass is 287 g/mol. The number of benzene rings is 1. The van der Waals surface area contributed by atoms with Crippen LogP contribution >= 0.6 is 0 Å². The highest BCUT2D eigenvalue weighted by Crippen LogP contribution is 2.23. The first-order valence-corrected chi connectivity index (χ1v) is 6.85. The molecule has 2 rings (SSSR count). The third kappa shape index (κ3) is 3.18. The number of carbonyl (C=O) groups excluding carboxylic acids is 1. The number of aromatic nitrogens is 1. The predicted molar refractivity (Wildman–Crippen MR) is 84.9 cm³/mol. The summed E-state index contributed by atoms with van der Waals surface area (Å²) in [6.07, 6.45) is 1.78. The summed E-state index contributed by atoms with van der Waals surface area (Å²) >= 11 is 0. The lowest BCUT2D eigenvalue weighted by molar-refractivity contribution is 0.101. The van der Waals surface area contributed by atoms with Gasteiger partial charge in [0.15, 0.2) is 0 Å². The van der Waals surface area contributed by atoms with Gasteiger partial charge < -0.3 is 20.4 Å². The van der Waals surface area contributed by atoms with Gasteiger partial charge in [0.2, 0.25) is 0 Å². The molecule has 0 saturated heterocycles. The standard InChI is InChI=1S/C16H21N3O2/c1-10(2)19-9-12(17)8-14(19)16(20)18-13-5-6-15(21-4)11(3)7-13/h5-10H,17H2,1-4H3,(H,18,20). The van der Waals surface area contributed by atoms with Crippen molar-refractivity contribution in [2.75, 3.05) is 18.2 Å². The molecule has 3 N–H and O–H groups in total. The van der Waals surface area contributed by atoms with E-state index in [0.29, 0.717) is 11.4 Å². The molecule has 0 aliphatic carbocycles. The maximum Gasteiger partial charge on any atom is 0.272 e. The zero-order valence-electron chi connectivity index (χ0n) is 12.8. The van der Waals surface area contributed by atoms with Crippen molar-refractivity contribution < 1.29 is 9.53 Å². The van der Waals surface area contributed by atoms with Crippen LogP contribution in [0.25, 0.3) is 0 Å². The van der Waals surface area contributed by atoms with Crippen LogP contribution in [0.5, 0.6) is 5.75 Å².